The summed E-state index contributed by atoms with van der Waals surface area (Å²) in [4.78, 5) is 0. The van der Waals surface area contributed by atoms with Crippen molar-refractivity contribution in [3.63, 3.8) is 0 Å². The van der Waals surface area contributed by atoms with E-state index in [9.17, 15) is 0 Å². The third kappa shape index (κ3) is 5.17. The van der Waals surface area contributed by atoms with Gasteiger partial charge in [-0.1, -0.05) is 47.6 Å². The van der Waals surface area contributed by atoms with E-state index in [-0.39, 0.29) is 10.8 Å². The fourth-order valence-corrected chi connectivity index (χ4v) is 3.20. The minimum atomic E-state index is 0.0572. The molecule has 1 aromatic carbocycles. The summed E-state index contributed by atoms with van der Waals surface area (Å²) in [6.45, 7) is 15.6. The number of nitrogens with zero attached hydrogens (tertiary/aromatic N) is 2. The Balaban J connectivity index is 1.78. The highest BCUT2D eigenvalue weighted by Crippen LogP contribution is 2.33. The lowest BCUT2D eigenvalue weighted by Gasteiger charge is -2.25. The quantitative estimate of drug-likeness (QED) is 0.832. The first-order valence-corrected chi connectivity index (χ1v) is 9.94. The minimum Gasteiger partial charge on any atom is -0.419 e. The normalized spacial score (nSPS) is 18.2. The van der Waals surface area contributed by atoms with Gasteiger partial charge >= 0.3 is 0 Å². The van der Waals surface area contributed by atoms with Gasteiger partial charge in [0.05, 0.1) is 12.6 Å². The Morgan fingerprint density at radius 1 is 1.00 bits per heavy atom. The van der Waals surface area contributed by atoms with Crippen LogP contribution in [0.25, 0.3) is 11.5 Å². The van der Waals surface area contributed by atoms with Crippen LogP contribution in [-0.4, -0.2) is 29.5 Å². The van der Waals surface area contributed by atoms with Crippen LogP contribution in [0.15, 0.2) is 22.6 Å². The highest BCUT2D eigenvalue weighted by atomic mass is 16.5. The summed E-state index contributed by atoms with van der Waals surface area (Å²) in [5.74, 6) is 1.20. The van der Waals surface area contributed by atoms with Gasteiger partial charge in [0, 0.05) is 18.7 Å². The maximum absolute atomic E-state index is 5.94. The lowest BCUT2D eigenvalue weighted by Crippen LogP contribution is -2.25. The molecule has 27 heavy (non-hydrogen) atoms. The zero-order valence-corrected chi connectivity index (χ0v) is 17.6. The molecule has 1 saturated heterocycles. The molecule has 0 amide bonds. The Bertz CT molecular complexity index is 730. The standard InChI is InChI=1S/C22H33N3O2/c1-21(2,3)16-10-15(11-17(12-16)22(4,5)6)20-25-24-19(27-20)14-23-13-18-8-7-9-26-18/h10-12,18,23H,7-9,13-14H2,1-6H3. The van der Waals surface area contributed by atoms with Gasteiger partial charge in [-0.05, 0) is 46.9 Å². The molecule has 0 bridgehead atoms. The van der Waals surface area contributed by atoms with Gasteiger partial charge in [-0.15, -0.1) is 10.2 Å². The first-order chi connectivity index (χ1) is 12.6. The van der Waals surface area contributed by atoms with Gasteiger partial charge in [-0.25, -0.2) is 0 Å². The molecule has 1 fully saturated rings. The van der Waals surface area contributed by atoms with Gasteiger partial charge in [0.1, 0.15) is 0 Å². The molecule has 5 nitrogen and oxygen atoms in total. The minimum absolute atomic E-state index is 0.0572. The van der Waals surface area contributed by atoms with Crippen molar-refractivity contribution in [1.82, 2.24) is 15.5 Å². The van der Waals surface area contributed by atoms with Crippen LogP contribution in [0, 0.1) is 0 Å². The zero-order valence-electron chi connectivity index (χ0n) is 17.6. The second-order valence-electron chi connectivity index (χ2n) is 9.57. The van der Waals surface area contributed by atoms with Crippen molar-refractivity contribution in [3.05, 3.63) is 35.2 Å². The van der Waals surface area contributed by atoms with Crippen LogP contribution in [-0.2, 0) is 22.1 Å². The lowest BCUT2D eigenvalue weighted by atomic mass is 9.79. The second-order valence-corrected chi connectivity index (χ2v) is 9.57. The molecule has 1 aliphatic rings. The van der Waals surface area contributed by atoms with Crippen LogP contribution in [0.2, 0.25) is 0 Å². The molecule has 1 aliphatic heterocycles. The van der Waals surface area contributed by atoms with Gasteiger partial charge in [-0.2, -0.15) is 0 Å². The lowest BCUT2D eigenvalue weighted by molar-refractivity contribution is 0.109. The average Bonchev–Trinajstić information content (AvgIpc) is 3.25. The number of rotatable bonds is 5. The van der Waals surface area contributed by atoms with Crippen molar-refractivity contribution >= 4 is 0 Å². The molecule has 5 heteroatoms. The molecule has 0 aliphatic carbocycles. The molecular weight excluding hydrogens is 338 g/mol. The molecular formula is C22H33N3O2. The van der Waals surface area contributed by atoms with Crippen LogP contribution < -0.4 is 5.32 Å². The largest absolute Gasteiger partial charge is 0.419 e. The molecule has 1 atom stereocenters. The maximum Gasteiger partial charge on any atom is 0.247 e. The monoisotopic (exact) mass is 371 g/mol. The summed E-state index contributed by atoms with van der Waals surface area (Å²) < 4.78 is 11.6. The molecule has 1 unspecified atom stereocenters. The number of hydrogen-bond acceptors (Lipinski definition) is 5. The van der Waals surface area contributed by atoms with Crippen molar-refractivity contribution in [2.24, 2.45) is 0 Å². The fraction of sp³-hybridized carbons (Fsp3) is 0.636. The van der Waals surface area contributed by atoms with Gasteiger partial charge < -0.3 is 14.5 Å². The van der Waals surface area contributed by atoms with Gasteiger partial charge in [0.25, 0.3) is 0 Å². The first-order valence-electron chi connectivity index (χ1n) is 9.94. The number of benzene rings is 1. The third-order valence-electron chi connectivity index (χ3n) is 5.05. The molecule has 1 aromatic heterocycles. The van der Waals surface area contributed by atoms with Crippen molar-refractivity contribution < 1.29 is 9.15 Å². The second kappa shape index (κ2) is 7.72. The molecule has 2 aromatic rings. The van der Waals surface area contributed by atoms with Crippen molar-refractivity contribution in [3.8, 4) is 11.5 Å². The van der Waals surface area contributed by atoms with E-state index in [0.29, 0.717) is 24.4 Å². The molecule has 2 heterocycles. The van der Waals surface area contributed by atoms with Crippen molar-refractivity contribution in [1.29, 1.82) is 0 Å². The first kappa shape index (κ1) is 20.0. The number of nitrogens with one attached hydrogen (secondary N) is 1. The smallest absolute Gasteiger partial charge is 0.247 e. The molecule has 1 N–H and O–H groups in total. The third-order valence-corrected chi connectivity index (χ3v) is 5.05. The Morgan fingerprint density at radius 3 is 2.22 bits per heavy atom. The van der Waals surface area contributed by atoms with E-state index in [0.717, 1.165) is 31.6 Å². The molecule has 148 valence electrons. The molecule has 0 saturated carbocycles. The fourth-order valence-electron chi connectivity index (χ4n) is 3.20. The van der Waals surface area contributed by atoms with Crippen LogP contribution >= 0.6 is 0 Å². The van der Waals surface area contributed by atoms with Crippen LogP contribution in [0.1, 0.15) is 71.4 Å². The topological polar surface area (TPSA) is 60.2 Å². The molecule has 0 spiro atoms. The Kier molecular flexibility index (Phi) is 5.73. The van der Waals surface area contributed by atoms with Crippen LogP contribution in [0.5, 0.6) is 0 Å². The predicted molar refractivity (Wildman–Crippen MR) is 108 cm³/mol. The van der Waals surface area contributed by atoms with E-state index >= 15 is 0 Å². The Labute approximate surface area is 162 Å². The molecule has 3 rings (SSSR count). The number of aromatic nitrogens is 2. The highest BCUT2D eigenvalue weighted by molar-refractivity contribution is 5.57. The summed E-state index contributed by atoms with van der Waals surface area (Å²) in [5, 5.41) is 11.9. The van der Waals surface area contributed by atoms with Gasteiger partial charge in [0.15, 0.2) is 0 Å². The zero-order chi connectivity index (χ0) is 19.7. The number of ether oxygens (including phenoxy) is 1. The van der Waals surface area contributed by atoms with Gasteiger partial charge in [0.2, 0.25) is 11.8 Å². The van der Waals surface area contributed by atoms with Crippen molar-refractivity contribution in [2.75, 3.05) is 13.2 Å². The van der Waals surface area contributed by atoms with E-state index < -0.39 is 0 Å². The summed E-state index contributed by atoms with van der Waals surface area (Å²) in [6, 6.07) is 6.64. The highest BCUT2D eigenvalue weighted by Gasteiger charge is 2.22. The predicted octanol–water partition coefficient (Wildman–Crippen LogP) is 4.60. The van der Waals surface area contributed by atoms with Crippen molar-refractivity contribution in [2.45, 2.75) is 77.9 Å². The Hall–Kier alpha value is -1.72. The summed E-state index contributed by atoms with van der Waals surface area (Å²) >= 11 is 0. The number of hydrogen-bond donors (Lipinski definition) is 1. The van der Waals surface area contributed by atoms with E-state index in [4.69, 9.17) is 9.15 Å². The van der Waals surface area contributed by atoms with E-state index in [2.05, 4.69) is 75.3 Å². The van der Waals surface area contributed by atoms with Gasteiger partial charge in [-0.3, -0.25) is 0 Å². The van der Waals surface area contributed by atoms with Crippen LogP contribution in [0.4, 0.5) is 0 Å². The van der Waals surface area contributed by atoms with E-state index in [1.54, 1.807) is 0 Å². The maximum atomic E-state index is 5.94. The summed E-state index contributed by atoms with van der Waals surface area (Å²) in [7, 11) is 0. The SMILES string of the molecule is CC(C)(C)c1cc(-c2nnc(CNCC3CCCO3)o2)cc(C(C)(C)C)c1. The van der Waals surface area contributed by atoms with E-state index in [1.165, 1.54) is 11.1 Å². The summed E-state index contributed by atoms with van der Waals surface area (Å²) in [6.07, 6.45) is 2.58. The molecule has 0 radical (unpaired) electrons. The Morgan fingerprint density at radius 2 is 1.67 bits per heavy atom. The van der Waals surface area contributed by atoms with Crippen LogP contribution in [0.3, 0.4) is 0 Å². The van der Waals surface area contributed by atoms with E-state index in [1.807, 2.05) is 0 Å². The average molecular weight is 372 g/mol. The summed E-state index contributed by atoms with van der Waals surface area (Å²) in [5.41, 5.74) is 3.66.